The number of fused-ring (bicyclic) bond motifs is 6. The zero-order valence-electron chi connectivity index (χ0n) is 33.4. The molecule has 0 spiro atoms. The first-order valence-electron chi connectivity index (χ1n) is 20.8. The molecule has 0 atom stereocenters. The Kier molecular flexibility index (Phi) is 8.87. The Hall–Kier alpha value is -7.57. The summed E-state index contributed by atoms with van der Waals surface area (Å²) in [7, 11) is 0. The summed E-state index contributed by atoms with van der Waals surface area (Å²) in [6.07, 6.45) is 0. The molecule has 3 aromatic heterocycles. The molecule has 0 saturated carbocycles. The molecule has 0 N–H and O–H groups in total. The molecular weight excluding hydrogens is 791 g/mol. The highest BCUT2D eigenvalue weighted by atomic mass is 32.1. The fourth-order valence-corrected chi connectivity index (χ4v) is 11.3. The number of rotatable bonds is 7. The van der Waals surface area contributed by atoms with Crippen molar-refractivity contribution in [1.82, 2.24) is 15.0 Å². The minimum absolute atomic E-state index is 0.642. The van der Waals surface area contributed by atoms with Crippen LogP contribution in [0.1, 0.15) is 0 Å². The van der Waals surface area contributed by atoms with Gasteiger partial charge in [-0.15, -0.1) is 22.7 Å². The largest absolute Gasteiger partial charge is 0.208 e. The SMILES string of the molecule is c1ccc(-c2cc(-c3ccccc3)c3sc4cccc(-c5nc(-c6ccccc6)nc(-c6cccc7sc8c(-c9ccccc9)cc(-c9ccccc9)cc8c67)n5)c4c3c2)cc1. The van der Waals surface area contributed by atoms with Gasteiger partial charge in [-0.05, 0) is 69.8 Å². The van der Waals surface area contributed by atoms with Crippen LogP contribution in [0.3, 0.4) is 0 Å². The zero-order valence-corrected chi connectivity index (χ0v) is 35.0. The summed E-state index contributed by atoms with van der Waals surface area (Å²) < 4.78 is 4.87. The van der Waals surface area contributed by atoms with Gasteiger partial charge in [-0.1, -0.05) is 176 Å². The second kappa shape index (κ2) is 15.2. The molecule has 9 aromatic carbocycles. The number of nitrogens with zero attached hydrogens (tertiary/aromatic N) is 3. The molecule has 3 heterocycles. The summed E-state index contributed by atoms with van der Waals surface area (Å²) in [5.74, 6) is 1.94. The highest BCUT2D eigenvalue weighted by molar-refractivity contribution is 7.27. The molecule has 0 aliphatic carbocycles. The van der Waals surface area contributed by atoms with Gasteiger partial charge in [-0.2, -0.15) is 0 Å². The third kappa shape index (κ3) is 6.29. The molecule has 62 heavy (non-hydrogen) atoms. The van der Waals surface area contributed by atoms with Crippen molar-refractivity contribution in [1.29, 1.82) is 0 Å². The first kappa shape index (κ1) is 36.3. The highest BCUT2D eigenvalue weighted by Crippen LogP contribution is 2.48. The molecule has 3 nitrogen and oxygen atoms in total. The molecular formula is C57H35N3S2. The lowest BCUT2D eigenvalue weighted by Gasteiger charge is -2.12. The van der Waals surface area contributed by atoms with Crippen molar-refractivity contribution in [3.8, 4) is 78.7 Å². The second-order valence-electron chi connectivity index (χ2n) is 15.5. The van der Waals surface area contributed by atoms with E-state index in [1.54, 1.807) is 0 Å². The van der Waals surface area contributed by atoms with Crippen molar-refractivity contribution in [3.63, 3.8) is 0 Å². The van der Waals surface area contributed by atoms with Crippen LogP contribution in [0.4, 0.5) is 0 Å². The molecule has 0 aliphatic rings. The summed E-state index contributed by atoms with van der Waals surface area (Å²) in [5.41, 5.74) is 12.4. The Bertz CT molecular complexity index is 3380. The van der Waals surface area contributed by atoms with Crippen LogP contribution in [0.2, 0.25) is 0 Å². The van der Waals surface area contributed by atoms with Crippen molar-refractivity contribution in [2.24, 2.45) is 0 Å². The first-order chi connectivity index (χ1) is 30.7. The Morgan fingerprint density at radius 2 is 0.613 bits per heavy atom. The maximum absolute atomic E-state index is 5.48. The molecule has 5 heteroatoms. The summed E-state index contributed by atoms with van der Waals surface area (Å²) in [6, 6.07) is 75.6. The van der Waals surface area contributed by atoms with Gasteiger partial charge in [-0.25, -0.2) is 15.0 Å². The van der Waals surface area contributed by atoms with Crippen molar-refractivity contribution in [2.45, 2.75) is 0 Å². The lowest BCUT2D eigenvalue weighted by Crippen LogP contribution is -2.00. The highest BCUT2D eigenvalue weighted by Gasteiger charge is 2.22. The summed E-state index contributed by atoms with van der Waals surface area (Å²) >= 11 is 3.66. The van der Waals surface area contributed by atoms with E-state index >= 15 is 0 Å². The maximum atomic E-state index is 5.48. The van der Waals surface area contributed by atoms with E-state index in [-0.39, 0.29) is 0 Å². The third-order valence-electron chi connectivity index (χ3n) is 11.7. The van der Waals surface area contributed by atoms with E-state index < -0.39 is 0 Å². The van der Waals surface area contributed by atoms with Gasteiger partial charge in [0.05, 0.1) is 0 Å². The van der Waals surface area contributed by atoms with E-state index in [1.807, 2.05) is 40.9 Å². The monoisotopic (exact) mass is 825 g/mol. The predicted molar refractivity (Wildman–Crippen MR) is 264 cm³/mol. The van der Waals surface area contributed by atoms with Gasteiger partial charge in [0.1, 0.15) is 0 Å². The third-order valence-corrected chi connectivity index (χ3v) is 14.1. The van der Waals surface area contributed by atoms with E-state index in [1.165, 1.54) is 74.1 Å². The van der Waals surface area contributed by atoms with Crippen LogP contribution in [0.25, 0.3) is 119 Å². The second-order valence-corrected chi connectivity index (χ2v) is 17.6. The molecule has 0 fully saturated rings. The molecule has 0 saturated heterocycles. The van der Waals surface area contributed by atoms with E-state index in [2.05, 4.69) is 194 Å². The van der Waals surface area contributed by atoms with Crippen LogP contribution >= 0.6 is 22.7 Å². The Balaban J connectivity index is 1.13. The van der Waals surface area contributed by atoms with Gasteiger partial charge in [0.25, 0.3) is 0 Å². The summed E-state index contributed by atoms with van der Waals surface area (Å²) in [5, 5.41) is 4.68. The van der Waals surface area contributed by atoms with Crippen LogP contribution in [-0.2, 0) is 0 Å². The van der Waals surface area contributed by atoms with Gasteiger partial charge in [0, 0.05) is 68.2 Å². The fourth-order valence-electron chi connectivity index (χ4n) is 8.82. The van der Waals surface area contributed by atoms with Crippen molar-refractivity contribution in [2.75, 3.05) is 0 Å². The maximum Gasteiger partial charge on any atom is 0.164 e. The van der Waals surface area contributed by atoms with Gasteiger partial charge in [0.15, 0.2) is 17.5 Å². The number of thiophene rings is 2. The number of hydrogen-bond acceptors (Lipinski definition) is 5. The molecule has 12 rings (SSSR count). The van der Waals surface area contributed by atoms with Gasteiger partial charge >= 0.3 is 0 Å². The van der Waals surface area contributed by atoms with Gasteiger partial charge < -0.3 is 0 Å². The van der Waals surface area contributed by atoms with E-state index in [9.17, 15) is 0 Å². The fraction of sp³-hybridized carbons (Fsp3) is 0. The number of aromatic nitrogens is 3. The lowest BCUT2D eigenvalue weighted by molar-refractivity contribution is 1.08. The average molecular weight is 826 g/mol. The molecule has 0 unspecified atom stereocenters. The predicted octanol–water partition coefficient (Wildman–Crippen LogP) is 16.3. The summed E-state index contributed by atoms with van der Waals surface area (Å²) in [6.45, 7) is 0. The van der Waals surface area contributed by atoms with Gasteiger partial charge in [0.2, 0.25) is 0 Å². The van der Waals surface area contributed by atoms with E-state index in [0.29, 0.717) is 17.5 Å². The van der Waals surface area contributed by atoms with E-state index in [4.69, 9.17) is 15.0 Å². The van der Waals surface area contributed by atoms with Crippen molar-refractivity contribution in [3.05, 3.63) is 212 Å². The first-order valence-corrected chi connectivity index (χ1v) is 22.4. The van der Waals surface area contributed by atoms with Crippen LogP contribution < -0.4 is 0 Å². The van der Waals surface area contributed by atoms with Crippen LogP contribution in [-0.4, -0.2) is 15.0 Å². The molecule has 0 aliphatic heterocycles. The zero-order chi connectivity index (χ0) is 41.0. The number of hydrogen-bond donors (Lipinski definition) is 0. The molecule has 0 radical (unpaired) electrons. The van der Waals surface area contributed by atoms with Gasteiger partial charge in [-0.3, -0.25) is 0 Å². The number of benzene rings is 9. The van der Waals surface area contributed by atoms with Crippen molar-refractivity contribution >= 4 is 63.0 Å². The smallest absolute Gasteiger partial charge is 0.164 e. The molecule has 0 bridgehead atoms. The topological polar surface area (TPSA) is 38.7 Å². The lowest BCUT2D eigenvalue weighted by atomic mass is 9.94. The van der Waals surface area contributed by atoms with Crippen molar-refractivity contribution < 1.29 is 0 Å². The quantitative estimate of drug-likeness (QED) is 0.161. The summed E-state index contributed by atoms with van der Waals surface area (Å²) in [4.78, 5) is 16.1. The average Bonchev–Trinajstić information content (AvgIpc) is 3.93. The Morgan fingerprint density at radius 1 is 0.258 bits per heavy atom. The molecule has 290 valence electrons. The van der Waals surface area contributed by atoms with Crippen LogP contribution in [0.5, 0.6) is 0 Å². The van der Waals surface area contributed by atoms with Crippen LogP contribution in [0, 0.1) is 0 Å². The Morgan fingerprint density at radius 3 is 1.02 bits per heavy atom. The minimum Gasteiger partial charge on any atom is -0.208 e. The normalized spacial score (nSPS) is 11.5. The van der Waals surface area contributed by atoms with E-state index in [0.717, 1.165) is 27.5 Å². The molecule has 0 amide bonds. The molecule has 12 aromatic rings. The van der Waals surface area contributed by atoms with Crippen LogP contribution in [0.15, 0.2) is 212 Å². The minimum atomic E-state index is 0.642. The Labute approximate surface area is 366 Å². The standard InChI is InChI=1S/C57H35N3S2/c1-6-18-36(19-7-1)41-32-45(38-22-10-3-11-23-38)53-47(34-41)51-43(28-16-30-49(51)61-53)56-58-55(40-26-14-5-15-27-40)59-57(60-56)44-29-17-31-50-52(44)48-35-42(37-20-8-2-9-21-37)33-46(54(48)62-50)39-24-12-4-13-25-39/h1-35H.